The van der Waals surface area contributed by atoms with Crippen molar-refractivity contribution in [2.45, 2.75) is 12.8 Å². The van der Waals surface area contributed by atoms with Crippen molar-refractivity contribution in [3.05, 3.63) is 57.5 Å². The van der Waals surface area contributed by atoms with Crippen LogP contribution < -0.4 is 0 Å². The van der Waals surface area contributed by atoms with Gasteiger partial charge in [-0.2, -0.15) is 0 Å². The number of rotatable bonds is 4. The summed E-state index contributed by atoms with van der Waals surface area (Å²) in [7, 11) is 0. The van der Waals surface area contributed by atoms with E-state index in [0.717, 1.165) is 29.7 Å². The minimum Gasteiger partial charge on any atom is -0.477 e. The van der Waals surface area contributed by atoms with Crippen LogP contribution in [0.3, 0.4) is 0 Å². The Labute approximate surface area is 137 Å². The molecule has 23 heavy (non-hydrogen) atoms. The third kappa shape index (κ3) is 3.59. The molecule has 1 aromatic carbocycles. The van der Waals surface area contributed by atoms with Gasteiger partial charge in [0, 0.05) is 13.1 Å². The normalized spacial score (nSPS) is 17.4. The van der Waals surface area contributed by atoms with Gasteiger partial charge in [-0.3, -0.25) is 4.79 Å². The molecule has 1 fully saturated rings. The molecular formula is C17H16FNO3S. The molecule has 6 heteroatoms. The fourth-order valence-electron chi connectivity index (χ4n) is 2.86. The van der Waals surface area contributed by atoms with Crippen LogP contribution in [0.15, 0.2) is 36.4 Å². The Bertz CT molecular complexity index is 726. The maximum Gasteiger partial charge on any atom is 0.345 e. The predicted octanol–water partition coefficient (Wildman–Crippen LogP) is 3.29. The van der Waals surface area contributed by atoms with E-state index in [4.69, 9.17) is 5.11 Å². The first kappa shape index (κ1) is 15.7. The van der Waals surface area contributed by atoms with Gasteiger partial charge in [0.15, 0.2) is 0 Å². The molecule has 2 heterocycles. The van der Waals surface area contributed by atoms with Crippen LogP contribution in [0, 0.1) is 11.7 Å². The van der Waals surface area contributed by atoms with Gasteiger partial charge in [0.2, 0.25) is 0 Å². The number of likely N-dealkylation sites (tertiary alicyclic amines) is 1. The highest BCUT2D eigenvalue weighted by Crippen LogP contribution is 2.25. The zero-order valence-electron chi connectivity index (χ0n) is 12.4. The second-order valence-electron chi connectivity index (χ2n) is 5.71. The third-order valence-corrected chi connectivity index (χ3v) is 5.10. The summed E-state index contributed by atoms with van der Waals surface area (Å²) in [6.07, 6.45) is 1.72. The number of carbonyl (C=O) groups excluding carboxylic acids is 1. The van der Waals surface area contributed by atoms with Crippen molar-refractivity contribution >= 4 is 23.2 Å². The molecule has 1 atom stereocenters. The molecule has 2 aromatic rings. The minimum absolute atomic E-state index is 0.107. The number of hydrogen-bond donors (Lipinski definition) is 1. The van der Waals surface area contributed by atoms with Gasteiger partial charge >= 0.3 is 5.97 Å². The molecule has 4 nitrogen and oxygen atoms in total. The quantitative estimate of drug-likeness (QED) is 0.934. The summed E-state index contributed by atoms with van der Waals surface area (Å²) in [5, 5.41) is 8.93. The van der Waals surface area contributed by atoms with Crippen molar-refractivity contribution < 1.29 is 19.1 Å². The van der Waals surface area contributed by atoms with E-state index in [0.29, 0.717) is 23.9 Å². The lowest BCUT2D eigenvalue weighted by molar-refractivity contribution is 0.0701. The van der Waals surface area contributed by atoms with Crippen LogP contribution in [0.4, 0.5) is 4.39 Å². The van der Waals surface area contributed by atoms with Crippen LogP contribution in [0.25, 0.3) is 0 Å². The Morgan fingerprint density at radius 2 is 1.87 bits per heavy atom. The fourth-order valence-corrected chi connectivity index (χ4v) is 3.67. The summed E-state index contributed by atoms with van der Waals surface area (Å²) in [5.41, 5.74) is 1.06. The molecule has 1 amide bonds. The van der Waals surface area contributed by atoms with Crippen molar-refractivity contribution in [1.82, 2.24) is 4.90 Å². The molecule has 3 rings (SSSR count). The largest absolute Gasteiger partial charge is 0.477 e. The average molecular weight is 333 g/mol. The number of carbonyl (C=O) groups is 2. The van der Waals surface area contributed by atoms with E-state index in [1.165, 1.54) is 18.2 Å². The van der Waals surface area contributed by atoms with E-state index >= 15 is 0 Å². The lowest BCUT2D eigenvalue weighted by Gasteiger charge is -2.15. The van der Waals surface area contributed by atoms with E-state index in [9.17, 15) is 14.0 Å². The average Bonchev–Trinajstić information content (AvgIpc) is 3.18. The molecule has 0 radical (unpaired) electrons. The second kappa shape index (κ2) is 6.50. The van der Waals surface area contributed by atoms with E-state index in [1.54, 1.807) is 23.1 Å². The Morgan fingerprint density at radius 1 is 1.17 bits per heavy atom. The van der Waals surface area contributed by atoms with Gasteiger partial charge in [0.1, 0.15) is 10.7 Å². The molecule has 0 bridgehead atoms. The highest BCUT2D eigenvalue weighted by atomic mass is 32.1. The number of halogens is 1. The number of hydrogen-bond acceptors (Lipinski definition) is 3. The van der Waals surface area contributed by atoms with Gasteiger partial charge in [-0.1, -0.05) is 12.1 Å². The van der Waals surface area contributed by atoms with Gasteiger partial charge < -0.3 is 10.0 Å². The smallest absolute Gasteiger partial charge is 0.345 e. The van der Waals surface area contributed by atoms with Crippen LogP contribution in [-0.4, -0.2) is 35.0 Å². The highest BCUT2D eigenvalue weighted by Gasteiger charge is 2.28. The van der Waals surface area contributed by atoms with Crippen molar-refractivity contribution in [3.63, 3.8) is 0 Å². The van der Waals surface area contributed by atoms with Gasteiger partial charge in [-0.15, -0.1) is 11.3 Å². The van der Waals surface area contributed by atoms with E-state index in [2.05, 4.69) is 0 Å². The maximum atomic E-state index is 12.9. The van der Waals surface area contributed by atoms with Crippen molar-refractivity contribution in [2.75, 3.05) is 13.1 Å². The van der Waals surface area contributed by atoms with Crippen LogP contribution in [0.2, 0.25) is 0 Å². The number of thiophene rings is 1. The summed E-state index contributed by atoms with van der Waals surface area (Å²) in [6.45, 7) is 1.32. The van der Waals surface area contributed by atoms with Gasteiger partial charge in [0.25, 0.3) is 5.91 Å². The van der Waals surface area contributed by atoms with Gasteiger partial charge in [-0.25, -0.2) is 9.18 Å². The number of carboxylic acids is 1. The number of nitrogens with zero attached hydrogens (tertiary/aromatic N) is 1. The molecule has 1 unspecified atom stereocenters. The molecule has 0 saturated carbocycles. The summed E-state index contributed by atoms with van der Waals surface area (Å²) in [4.78, 5) is 25.7. The standard InChI is InChI=1S/C17H16FNO3S/c18-13-3-1-11(2-4-13)9-12-7-8-19(10-12)16(20)14-5-6-15(23-14)17(21)22/h1-6,12H,7-10H2,(H,21,22). The zero-order chi connectivity index (χ0) is 16.4. The lowest BCUT2D eigenvalue weighted by Crippen LogP contribution is -2.28. The maximum absolute atomic E-state index is 12.9. The Hall–Kier alpha value is -2.21. The lowest BCUT2D eigenvalue weighted by atomic mass is 9.99. The first-order chi connectivity index (χ1) is 11.0. The molecular weight excluding hydrogens is 317 g/mol. The summed E-state index contributed by atoms with van der Waals surface area (Å²) < 4.78 is 12.9. The van der Waals surface area contributed by atoms with E-state index < -0.39 is 5.97 Å². The second-order valence-corrected chi connectivity index (χ2v) is 6.79. The Morgan fingerprint density at radius 3 is 2.52 bits per heavy atom. The Kier molecular flexibility index (Phi) is 4.43. The van der Waals surface area contributed by atoms with Crippen molar-refractivity contribution in [2.24, 2.45) is 5.92 Å². The van der Waals surface area contributed by atoms with E-state index in [-0.39, 0.29) is 16.6 Å². The minimum atomic E-state index is -1.01. The first-order valence-corrected chi connectivity index (χ1v) is 8.21. The molecule has 1 aromatic heterocycles. The van der Waals surface area contributed by atoms with Crippen molar-refractivity contribution in [3.8, 4) is 0 Å². The molecule has 0 spiro atoms. The number of benzene rings is 1. The molecule has 0 aliphatic carbocycles. The number of aromatic carboxylic acids is 1. The number of carboxylic acid groups (broad SMARTS) is 1. The molecule has 1 aliphatic heterocycles. The predicted molar refractivity (Wildman–Crippen MR) is 85.4 cm³/mol. The fraction of sp³-hybridized carbons (Fsp3) is 0.294. The van der Waals surface area contributed by atoms with Crippen LogP contribution in [-0.2, 0) is 6.42 Å². The van der Waals surface area contributed by atoms with E-state index in [1.807, 2.05) is 0 Å². The molecule has 1 saturated heterocycles. The first-order valence-electron chi connectivity index (χ1n) is 7.40. The van der Waals surface area contributed by atoms with Crippen LogP contribution in [0.1, 0.15) is 31.3 Å². The van der Waals surface area contributed by atoms with Crippen LogP contribution in [0.5, 0.6) is 0 Å². The molecule has 1 aliphatic rings. The highest BCUT2D eigenvalue weighted by molar-refractivity contribution is 7.15. The van der Waals surface area contributed by atoms with Crippen LogP contribution >= 0.6 is 11.3 Å². The SMILES string of the molecule is O=C(O)c1ccc(C(=O)N2CCC(Cc3ccc(F)cc3)C2)s1. The van der Waals surface area contributed by atoms with Gasteiger partial charge in [-0.05, 0) is 48.6 Å². The van der Waals surface area contributed by atoms with Crippen molar-refractivity contribution in [1.29, 1.82) is 0 Å². The molecule has 1 N–H and O–H groups in total. The summed E-state index contributed by atoms with van der Waals surface area (Å²) >= 11 is 1.01. The monoisotopic (exact) mass is 333 g/mol. The summed E-state index contributed by atoms with van der Waals surface area (Å²) in [5.74, 6) is -1.01. The molecule has 120 valence electrons. The van der Waals surface area contributed by atoms with Gasteiger partial charge in [0.05, 0.1) is 4.88 Å². The topological polar surface area (TPSA) is 57.6 Å². The summed E-state index contributed by atoms with van der Waals surface area (Å²) in [6, 6.07) is 9.49. The third-order valence-electron chi connectivity index (χ3n) is 4.04. The zero-order valence-corrected chi connectivity index (χ0v) is 13.2. The Balaban J connectivity index is 1.61. The number of amides is 1.